The second kappa shape index (κ2) is 7.99. The Morgan fingerprint density at radius 3 is 3.15 bits per heavy atom. The summed E-state index contributed by atoms with van der Waals surface area (Å²) in [5, 5.41) is 6.90. The summed E-state index contributed by atoms with van der Waals surface area (Å²) in [5.74, 6) is 0. The van der Waals surface area contributed by atoms with E-state index in [2.05, 4.69) is 52.5 Å². The van der Waals surface area contributed by atoms with Crippen molar-refractivity contribution in [2.45, 2.75) is 32.6 Å². The molecule has 0 spiro atoms. The summed E-state index contributed by atoms with van der Waals surface area (Å²) in [6.45, 7) is 2.14. The largest absolute Gasteiger partial charge is 0.443 e. The van der Waals surface area contributed by atoms with Crippen molar-refractivity contribution in [1.29, 1.82) is 0 Å². The number of aryl methyl sites for hydroxylation is 1. The highest BCUT2D eigenvalue weighted by atomic mass is 16.3. The van der Waals surface area contributed by atoms with Crippen LogP contribution in [0.5, 0.6) is 0 Å². The maximum atomic E-state index is 5.41. The summed E-state index contributed by atoms with van der Waals surface area (Å²) in [4.78, 5) is 8.98. The van der Waals surface area contributed by atoms with Crippen molar-refractivity contribution in [2.75, 3.05) is 0 Å². The Kier molecular flexibility index (Phi) is 5.10. The molecule has 1 aliphatic carbocycles. The molecule has 4 rings (SSSR count). The molecule has 5 heteroatoms. The molecular weight excluding hydrogens is 336 g/mol. The summed E-state index contributed by atoms with van der Waals surface area (Å²) < 4.78 is 5.41. The fraction of sp³-hybridized carbons (Fsp3) is 0.227. The molecule has 0 saturated carbocycles. The first-order valence-corrected chi connectivity index (χ1v) is 9.26. The van der Waals surface area contributed by atoms with E-state index in [4.69, 9.17) is 9.41 Å². The number of hydrogen-bond donors (Lipinski definition) is 1. The van der Waals surface area contributed by atoms with Gasteiger partial charge in [0.2, 0.25) is 0 Å². The number of aromatic amines is 1. The maximum absolute atomic E-state index is 5.41. The first-order valence-electron chi connectivity index (χ1n) is 9.26. The lowest BCUT2D eigenvalue weighted by atomic mass is 9.95. The average molecular weight is 358 g/mol. The monoisotopic (exact) mass is 358 g/mol. The number of benzene rings is 1. The topological polar surface area (TPSA) is 67.1 Å². The molecule has 0 amide bonds. The van der Waals surface area contributed by atoms with Crippen molar-refractivity contribution in [2.24, 2.45) is 4.99 Å². The fourth-order valence-corrected chi connectivity index (χ4v) is 3.24. The molecule has 1 aliphatic rings. The minimum Gasteiger partial charge on any atom is -0.443 e. The molecule has 0 aliphatic heterocycles. The predicted molar refractivity (Wildman–Crippen MR) is 108 cm³/mol. The van der Waals surface area contributed by atoms with Gasteiger partial charge in [-0.25, -0.2) is 4.98 Å². The second-order valence-corrected chi connectivity index (χ2v) is 6.55. The Hall–Kier alpha value is -3.21. The van der Waals surface area contributed by atoms with Gasteiger partial charge in [0, 0.05) is 30.1 Å². The minimum atomic E-state index is 0.842. The predicted octanol–water partition coefficient (Wildman–Crippen LogP) is 5.26. The van der Waals surface area contributed by atoms with Crippen LogP contribution in [0.4, 0.5) is 0 Å². The van der Waals surface area contributed by atoms with Crippen molar-refractivity contribution >= 4 is 22.4 Å². The lowest BCUT2D eigenvalue weighted by Crippen LogP contribution is -2.06. The average Bonchev–Trinajstić information content (AvgIpc) is 3.39. The number of nitrogens with one attached hydrogen (secondary N) is 1. The SMILES string of the molecule is CC/C(=C\N=C1CC=CC=C1CCc1ccc2ncoc2c1)c1cn[nH]c1. The zero-order chi connectivity index (χ0) is 18.5. The molecular formula is C22H22N4O. The van der Waals surface area contributed by atoms with E-state index in [9.17, 15) is 0 Å². The molecule has 0 atom stereocenters. The molecule has 3 aromatic rings. The van der Waals surface area contributed by atoms with Crippen LogP contribution in [-0.4, -0.2) is 20.9 Å². The van der Waals surface area contributed by atoms with Gasteiger partial charge in [0.25, 0.3) is 0 Å². The molecule has 0 fully saturated rings. The van der Waals surface area contributed by atoms with E-state index in [0.29, 0.717) is 0 Å². The summed E-state index contributed by atoms with van der Waals surface area (Å²) in [6, 6.07) is 6.21. The molecule has 27 heavy (non-hydrogen) atoms. The van der Waals surface area contributed by atoms with Crippen molar-refractivity contribution < 1.29 is 4.42 Å². The molecule has 0 bridgehead atoms. The summed E-state index contributed by atoms with van der Waals surface area (Å²) in [6.07, 6.45) is 17.3. The third kappa shape index (κ3) is 3.97. The van der Waals surface area contributed by atoms with E-state index >= 15 is 0 Å². The molecule has 2 aromatic heterocycles. The third-order valence-electron chi connectivity index (χ3n) is 4.82. The lowest BCUT2D eigenvalue weighted by molar-refractivity contribution is 0.601. The first kappa shape index (κ1) is 17.2. The number of oxazole rings is 1. The summed E-state index contributed by atoms with van der Waals surface area (Å²) in [7, 11) is 0. The van der Waals surface area contributed by atoms with E-state index in [1.54, 1.807) is 0 Å². The van der Waals surface area contributed by atoms with E-state index in [-0.39, 0.29) is 0 Å². The molecule has 2 heterocycles. The number of hydrogen-bond acceptors (Lipinski definition) is 4. The van der Waals surface area contributed by atoms with E-state index in [1.807, 2.05) is 24.7 Å². The highest BCUT2D eigenvalue weighted by Gasteiger charge is 2.10. The fourth-order valence-electron chi connectivity index (χ4n) is 3.24. The van der Waals surface area contributed by atoms with Crippen LogP contribution in [-0.2, 0) is 6.42 Å². The number of aliphatic imine (C=N–C) groups is 1. The van der Waals surface area contributed by atoms with Crippen LogP contribution in [0.25, 0.3) is 16.7 Å². The van der Waals surface area contributed by atoms with Gasteiger partial charge in [-0.05, 0) is 48.1 Å². The first-order chi connectivity index (χ1) is 13.3. The van der Waals surface area contributed by atoms with Crippen LogP contribution in [0.15, 0.2) is 76.4 Å². The zero-order valence-electron chi connectivity index (χ0n) is 15.4. The number of nitrogens with zero attached hydrogens (tertiary/aromatic N) is 3. The van der Waals surface area contributed by atoms with Gasteiger partial charge >= 0.3 is 0 Å². The van der Waals surface area contributed by atoms with Crippen LogP contribution in [0, 0.1) is 0 Å². The van der Waals surface area contributed by atoms with Gasteiger partial charge < -0.3 is 4.42 Å². The van der Waals surface area contributed by atoms with Gasteiger partial charge in [-0.15, -0.1) is 0 Å². The number of H-pyrrole nitrogens is 1. The molecule has 0 radical (unpaired) electrons. The Morgan fingerprint density at radius 2 is 2.30 bits per heavy atom. The van der Waals surface area contributed by atoms with Gasteiger partial charge in [0.05, 0.1) is 6.20 Å². The van der Waals surface area contributed by atoms with Crippen LogP contribution in [0.3, 0.4) is 0 Å². The highest BCUT2D eigenvalue weighted by molar-refractivity contribution is 6.02. The standard InChI is InChI=1S/C22H22N4O/c1-2-17(19-13-25-26-14-19)12-23-20-6-4-3-5-18(20)9-7-16-8-10-21-22(11-16)27-15-24-21/h3-5,8,10-15H,2,6-7,9H2,1H3,(H,25,26)/b17-12+,23-20?. The van der Waals surface area contributed by atoms with E-state index in [0.717, 1.165) is 48.1 Å². The molecule has 0 saturated heterocycles. The molecule has 136 valence electrons. The minimum absolute atomic E-state index is 0.842. The number of allylic oxidation sites excluding steroid dienone is 5. The number of fused-ring (bicyclic) bond motifs is 1. The zero-order valence-corrected chi connectivity index (χ0v) is 15.4. The Balaban J connectivity index is 1.50. The highest BCUT2D eigenvalue weighted by Crippen LogP contribution is 2.21. The van der Waals surface area contributed by atoms with Crippen LogP contribution in [0.2, 0.25) is 0 Å². The van der Waals surface area contributed by atoms with Gasteiger partial charge in [-0.2, -0.15) is 5.10 Å². The molecule has 1 N–H and O–H groups in total. The normalized spacial score (nSPS) is 16.3. The molecule has 0 unspecified atom stereocenters. The van der Waals surface area contributed by atoms with Gasteiger partial charge in [-0.3, -0.25) is 10.1 Å². The van der Waals surface area contributed by atoms with Crippen molar-refractivity contribution in [3.63, 3.8) is 0 Å². The van der Waals surface area contributed by atoms with E-state index in [1.165, 1.54) is 23.1 Å². The van der Waals surface area contributed by atoms with Crippen molar-refractivity contribution in [1.82, 2.24) is 15.2 Å². The smallest absolute Gasteiger partial charge is 0.181 e. The third-order valence-corrected chi connectivity index (χ3v) is 4.82. The Labute approximate surface area is 158 Å². The van der Waals surface area contributed by atoms with Crippen molar-refractivity contribution in [3.8, 4) is 0 Å². The van der Waals surface area contributed by atoms with E-state index < -0.39 is 0 Å². The lowest BCUT2D eigenvalue weighted by Gasteiger charge is -2.12. The van der Waals surface area contributed by atoms with Crippen LogP contribution in [0.1, 0.15) is 37.3 Å². The van der Waals surface area contributed by atoms with Crippen LogP contribution < -0.4 is 0 Å². The second-order valence-electron chi connectivity index (χ2n) is 6.55. The maximum Gasteiger partial charge on any atom is 0.181 e. The van der Waals surface area contributed by atoms with Gasteiger partial charge in [-0.1, -0.05) is 31.2 Å². The number of rotatable bonds is 6. The Bertz CT molecular complexity index is 1040. The van der Waals surface area contributed by atoms with Crippen LogP contribution >= 0.6 is 0 Å². The quantitative estimate of drug-likeness (QED) is 0.653. The van der Waals surface area contributed by atoms with Gasteiger partial charge in [0.15, 0.2) is 12.0 Å². The van der Waals surface area contributed by atoms with Gasteiger partial charge in [0.1, 0.15) is 5.52 Å². The molecule has 5 nitrogen and oxygen atoms in total. The number of aromatic nitrogens is 3. The Morgan fingerprint density at radius 1 is 1.33 bits per heavy atom. The molecule has 1 aromatic carbocycles. The van der Waals surface area contributed by atoms with Crippen molar-refractivity contribution in [3.05, 3.63) is 78.1 Å². The summed E-state index contributed by atoms with van der Waals surface area (Å²) in [5.41, 5.74) is 7.69. The summed E-state index contributed by atoms with van der Waals surface area (Å²) >= 11 is 0.